The van der Waals surface area contributed by atoms with Crippen molar-refractivity contribution in [3.8, 4) is 0 Å². The fraction of sp³-hybridized carbons (Fsp3) is 0.943. The minimum absolute atomic E-state index is 0.123. The van der Waals surface area contributed by atoms with Crippen molar-refractivity contribution in [1.82, 2.24) is 5.32 Å². The van der Waals surface area contributed by atoms with Crippen LogP contribution in [0.1, 0.15) is 188 Å². The highest BCUT2D eigenvalue weighted by molar-refractivity contribution is 5.74. The van der Waals surface area contributed by atoms with Crippen LogP contribution < -0.4 is 5.32 Å². The number of rotatable bonds is 31. The van der Waals surface area contributed by atoms with Gasteiger partial charge in [0.25, 0.3) is 0 Å². The molecule has 5 nitrogen and oxygen atoms in total. The van der Waals surface area contributed by atoms with Gasteiger partial charge in [-0.1, -0.05) is 149 Å². The Kier molecular flexibility index (Phi) is 27.8. The molecule has 2 atom stereocenters. The molecule has 0 aromatic heterocycles. The Balaban J connectivity index is 3.69. The van der Waals surface area contributed by atoms with Gasteiger partial charge in [0.05, 0.1) is 12.0 Å². The zero-order valence-electron chi connectivity index (χ0n) is 27.4. The van der Waals surface area contributed by atoms with Crippen molar-refractivity contribution in [2.75, 3.05) is 13.2 Å². The second-order valence-electron chi connectivity index (χ2n) is 12.4. The summed E-state index contributed by atoms with van der Waals surface area (Å²) in [4.78, 5) is 23.9. The molecule has 1 amide bonds. The summed E-state index contributed by atoms with van der Waals surface area (Å²) < 4.78 is 19.9. The SMILES string of the molecule is CCCCCCCCCCCCCCCCOC(=O)NCCCCCCC(CC)(CC(F)CCCCCC)C(=O)O. The molecule has 0 fully saturated rings. The van der Waals surface area contributed by atoms with E-state index in [-0.39, 0.29) is 12.5 Å². The van der Waals surface area contributed by atoms with Crippen molar-refractivity contribution in [3.05, 3.63) is 0 Å². The van der Waals surface area contributed by atoms with Crippen LogP contribution in [0.4, 0.5) is 9.18 Å². The number of unbranched alkanes of at least 4 members (excludes halogenated alkanes) is 19. The number of alkyl carbamates (subject to hydrolysis) is 1. The normalized spacial score (nSPS) is 13.6. The van der Waals surface area contributed by atoms with Gasteiger partial charge in [0, 0.05) is 6.54 Å². The third-order valence-electron chi connectivity index (χ3n) is 8.70. The summed E-state index contributed by atoms with van der Waals surface area (Å²) >= 11 is 0. The number of nitrogens with one attached hydrogen (secondary N) is 1. The molecule has 6 heteroatoms. The minimum Gasteiger partial charge on any atom is -0.481 e. The number of carboxylic acid groups (broad SMARTS) is 1. The van der Waals surface area contributed by atoms with Crippen LogP contribution in [0.3, 0.4) is 0 Å². The molecule has 0 aliphatic heterocycles. The first-order chi connectivity index (χ1) is 19.9. The Labute approximate surface area is 253 Å². The van der Waals surface area contributed by atoms with Gasteiger partial charge in [-0.05, 0) is 38.5 Å². The minimum atomic E-state index is -1.04. The predicted octanol–water partition coefficient (Wildman–Crippen LogP) is 11.3. The third kappa shape index (κ3) is 23.9. The number of carbonyl (C=O) groups excluding carboxylic acids is 1. The van der Waals surface area contributed by atoms with Crippen LogP contribution in [-0.2, 0) is 9.53 Å². The summed E-state index contributed by atoms with van der Waals surface area (Å²) in [7, 11) is 0. The highest BCUT2D eigenvalue weighted by Gasteiger charge is 2.38. The van der Waals surface area contributed by atoms with E-state index in [2.05, 4.69) is 19.2 Å². The second kappa shape index (κ2) is 28.8. The van der Waals surface area contributed by atoms with Gasteiger partial charge in [0.15, 0.2) is 0 Å². The molecule has 0 saturated carbocycles. The maximum absolute atomic E-state index is 14.6. The number of hydrogen-bond donors (Lipinski definition) is 2. The zero-order valence-corrected chi connectivity index (χ0v) is 27.4. The fourth-order valence-corrected chi connectivity index (χ4v) is 5.73. The molecule has 0 aliphatic carbocycles. The molecule has 0 radical (unpaired) electrons. The lowest BCUT2D eigenvalue weighted by atomic mass is 9.75. The largest absolute Gasteiger partial charge is 0.481 e. The van der Waals surface area contributed by atoms with Crippen molar-refractivity contribution in [2.45, 2.75) is 194 Å². The van der Waals surface area contributed by atoms with Crippen LogP contribution in [-0.4, -0.2) is 36.5 Å². The first-order valence-electron chi connectivity index (χ1n) is 17.7. The number of aliphatic carboxylic acids is 1. The van der Waals surface area contributed by atoms with E-state index in [0.29, 0.717) is 32.4 Å². The number of carboxylic acids is 1. The first kappa shape index (κ1) is 39.7. The van der Waals surface area contributed by atoms with Crippen LogP contribution in [0.5, 0.6) is 0 Å². The van der Waals surface area contributed by atoms with E-state index in [1.807, 2.05) is 6.92 Å². The van der Waals surface area contributed by atoms with Crippen LogP contribution in [0.15, 0.2) is 0 Å². The van der Waals surface area contributed by atoms with Crippen molar-refractivity contribution < 1.29 is 23.8 Å². The van der Waals surface area contributed by atoms with Crippen LogP contribution in [0.2, 0.25) is 0 Å². The molecule has 0 saturated heterocycles. The summed E-state index contributed by atoms with van der Waals surface area (Å²) in [6.45, 7) is 7.31. The number of hydrogen-bond acceptors (Lipinski definition) is 3. The van der Waals surface area contributed by atoms with E-state index < -0.39 is 17.6 Å². The smallest absolute Gasteiger partial charge is 0.407 e. The summed E-state index contributed by atoms with van der Waals surface area (Å²) in [5, 5.41) is 12.7. The van der Waals surface area contributed by atoms with Crippen molar-refractivity contribution in [2.24, 2.45) is 5.41 Å². The molecule has 244 valence electrons. The molecule has 41 heavy (non-hydrogen) atoms. The van der Waals surface area contributed by atoms with Gasteiger partial charge in [-0.25, -0.2) is 9.18 Å². The topological polar surface area (TPSA) is 75.6 Å². The highest BCUT2D eigenvalue weighted by atomic mass is 19.1. The number of ether oxygens (including phenoxy) is 1. The van der Waals surface area contributed by atoms with E-state index in [9.17, 15) is 19.1 Å². The summed E-state index contributed by atoms with van der Waals surface area (Å²) in [5.41, 5.74) is -0.959. The molecule has 0 aromatic rings. The van der Waals surface area contributed by atoms with E-state index >= 15 is 0 Å². The van der Waals surface area contributed by atoms with Crippen molar-refractivity contribution in [1.29, 1.82) is 0 Å². The average Bonchev–Trinajstić information content (AvgIpc) is 2.96. The number of amides is 1. The number of halogens is 1. The van der Waals surface area contributed by atoms with Gasteiger partial charge in [-0.15, -0.1) is 0 Å². The predicted molar refractivity (Wildman–Crippen MR) is 171 cm³/mol. The van der Waals surface area contributed by atoms with Crippen molar-refractivity contribution in [3.63, 3.8) is 0 Å². The quantitative estimate of drug-likeness (QED) is 0.0793. The molecule has 0 spiro atoms. The summed E-state index contributed by atoms with van der Waals surface area (Å²) in [6.07, 6.45) is 26.0. The molecular weight excluding hydrogens is 517 g/mol. The Morgan fingerprint density at radius 2 is 1.15 bits per heavy atom. The fourth-order valence-electron chi connectivity index (χ4n) is 5.73. The Morgan fingerprint density at radius 1 is 0.683 bits per heavy atom. The van der Waals surface area contributed by atoms with Gasteiger partial charge in [-0.2, -0.15) is 0 Å². The van der Waals surface area contributed by atoms with E-state index in [1.165, 1.54) is 77.0 Å². The van der Waals surface area contributed by atoms with Gasteiger partial charge in [0.1, 0.15) is 6.17 Å². The molecular formula is C35H68FNO4. The monoisotopic (exact) mass is 586 g/mol. The van der Waals surface area contributed by atoms with E-state index in [0.717, 1.165) is 64.2 Å². The first-order valence-corrected chi connectivity index (χ1v) is 17.7. The maximum Gasteiger partial charge on any atom is 0.407 e. The summed E-state index contributed by atoms with van der Waals surface area (Å²) in [5.74, 6) is -0.862. The zero-order chi connectivity index (χ0) is 30.4. The molecule has 0 heterocycles. The van der Waals surface area contributed by atoms with Crippen LogP contribution in [0, 0.1) is 5.41 Å². The van der Waals surface area contributed by atoms with E-state index in [1.54, 1.807) is 0 Å². The molecule has 0 rings (SSSR count). The summed E-state index contributed by atoms with van der Waals surface area (Å²) in [6, 6.07) is 0. The Hall–Kier alpha value is -1.33. The molecule has 2 unspecified atom stereocenters. The number of carbonyl (C=O) groups is 2. The lowest BCUT2D eigenvalue weighted by molar-refractivity contribution is -0.151. The van der Waals surface area contributed by atoms with Crippen molar-refractivity contribution >= 4 is 12.1 Å². The highest BCUT2D eigenvalue weighted by Crippen LogP contribution is 2.36. The number of alkyl halides is 1. The second-order valence-corrected chi connectivity index (χ2v) is 12.4. The van der Waals surface area contributed by atoms with Gasteiger partial charge in [-0.3, -0.25) is 4.79 Å². The molecule has 0 bridgehead atoms. The average molecular weight is 586 g/mol. The van der Waals surface area contributed by atoms with Gasteiger partial charge < -0.3 is 15.2 Å². The third-order valence-corrected chi connectivity index (χ3v) is 8.70. The van der Waals surface area contributed by atoms with Gasteiger partial charge in [0.2, 0.25) is 0 Å². The standard InChI is InChI=1S/C35H68FNO4/c1-4-7-9-11-12-13-14-15-16-17-18-19-22-26-30-41-34(40)37-29-25-21-20-24-28-35(6-3,33(38)39)31-32(36)27-23-10-8-5-2/h32H,4-31H2,1-3H3,(H,37,40)(H,38,39). The Bertz CT molecular complexity index is 603. The molecule has 0 aromatic carbocycles. The lowest BCUT2D eigenvalue weighted by Crippen LogP contribution is -2.33. The maximum atomic E-state index is 14.6. The lowest BCUT2D eigenvalue weighted by Gasteiger charge is -2.30. The van der Waals surface area contributed by atoms with E-state index in [4.69, 9.17) is 4.74 Å². The van der Waals surface area contributed by atoms with Gasteiger partial charge >= 0.3 is 12.1 Å². The molecule has 2 N–H and O–H groups in total. The molecule has 0 aliphatic rings. The van der Waals surface area contributed by atoms with Crippen LogP contribution in [0.25, 0.3) is 0 Å². The van der Waals surface area contributed by atoms with Crippen LogP contribution >= 0.6 is 0 Å². The Morgan fingerprint density at radius 3 is 1.66 bits per heavy atom.